The van der Waals surface area contributed by atoms with Crippen LogP contribution in [0.1, 0.15) is 213 Å². The van der Waals surface area contributed by atoms with Crippen molar-refractivity contribution < 1.29 is 28.6 Å². The van der Waals surface area contributed by atoms with E-state index in [-0.39, 0.29) is 31.1 Å². The third-order valence-corrected chi connectivity index (χ3v) is 10.3. The molecule has 0 saturated heterocycles. The van der Waals surface area contributed by atoms with E-state index in [0.717, 1.165) is 70.6 Å². The van der Waals surface area contributed by atoms with Crippen molar-refractivity contribution in [3.05, 3.63) is 97.2 Å². The third kappa shape index (κ3) is 47.2. The van der Waals surface area contributed by atoms with E-state index in [2.05, 4.69) is 45.1 Å². The summed E-state index contributed by atoms with van der Waals surface area (Å²) in [6.45, 7) is 6.40. The van der Waals surface area contributed by atoms with E-state index < -0.39 is 6.10 Å². The minimum absolute atomic E-state index is 0.0941. The Hall–Kier alpha value is -3.67. The number of rotatable bonds is 43. The van der Waals surface area contributed by atoms with Crippen molar-refractivity contribution in [1.29, 1.82) is 0 Å². The van der Waals surface area contributed by atoms with Crippen molar-refractivity contribution >= 4 is 17.9 Å². The highest BCUT2D eigenvalue weighted by Crippen LogP contribution is 2.14. The van der Waals surface area contributed by atoms with E-state index in [1.165, 1.54) is 103 Å². The minimum Gasteiger partial charge on any atom is -0.462 e. The largest absolute Gasteiger partial charge is 0.462 e. The molecule has 1 unspecified atom stereocenters. The maximum Gasteiger partial charge on any atom is 0.306 e. The first kappa shape index (κ1) is 57.3. The van der Waals surface area contributed by atoms with Crippen LogP contribution in [0.3, 0.4) is 0 Å². The number of esters is 3. The van der Waals surface area contributed by atoms with Crippen LogP contribution in [-0.4, -0.2) is 37.2 Å². The molecule has 0 saturated carbocycles. The molecule has 0 rings (SSSR count). The summed E-state index contributed by atoms with van der Waals surface area (Å²) in [5.41, 5.74) is 0. The second-order valence-corrected chi connectivity index (χ2v) is 16.2. The van der Waals surface area contributed by atoms with Crippen molar-refractivity contribution in [1.82, 2.24) is 0 Å². The van der Waals surface area contributed by atoms with E-state index in [1.807, 2.05) is 72.9 Å². The van der Waals surface area contributed by atoms with Crippen molar-refractivity contribution in [2.45, 2.75) is 219 Å². The topological polar surface area (TPSA) is 78.9 Å². The van der Waals surface area contributed by atoms with Gasteiger partial charge in [0.25, 0.3) is 0 Å². The lowest BCUT2D eigenvalue weighted by atomic mass is 10.1. The van der Waals surface area contributed by atoms with Gasteiger partial charge in [0.2, 0.25) is 0 Å². The van der Waals surface area contributed by atoms with Crippen molar-refractivity contribution in [3.8, 4) is 0 Å². The van der Waals surface area contributed by atoms with Gasteiger partial charge in [0.05, 0.1) is 0 Å². The zero-order chi connectivity index (χ0) is 44.4. The second kappa shape index (κ2) is 49.0. The van der Waals surface area contributed by atoms with Gasteiger partial charge in [-0.2, -0.15) is 0 Å². The first-order valence-electron chi connectivity index (χ1n) is 24.8. The second-order valence-electron chi connectivity index (χ2n) is 16.2. The van der Waals surface area contributed by atoms with Crippen LogP contribution in [0.2, 0.25) is 0 Å². The fourth-order valence-electron chi connectivity index (χ4n) is 6.54. The first-order chi connectivity index (χ1) is 30.0. The van der Waals surface area contributed by atoms with E-state index in [4.69, 9.17) is 14.2 Å². The molecule has 0 N–H and O–H groups in total. The van der Waals surface area contributed by atoms with Crippen LogP contribution in [0.4, 0.5) is 0 Å². The number of allylic oxidation sites excluding steroid dienone is 16. The van der Waals surface area contributed by atoms with Crippen LogP contribution in [-0.2, 0) is 28.6 Å². The molecule has 0 aliphatic heterocycles. The number of hydrogen-bond donors (Lipinski definition) is 0. The summed E-state index contributed by atoms with van der Waals surface area (Å²) in [5, 5.41) is 0. The van der Waals surface area contributed by atoms with Crippen LogP contribution in [0, 0.1) is 0 Å². The van der Waals surface area contributed by atoms with E-state index >= 15 is 0 Å². The van der Waals surface area contributed by atoms with Gasteiger partial charge in [-0.3, -0.25) is 14.4 Å². The van der Waals surface area contributed by atoms with Gasteiger partial charge in [-0.25, -0.2) is 0 Å². The molecule has 0 radical (unpaired) electrons. The molecule has 0 aliphatic rings. The molecule has 0 aromatic carbocycles. The summed E-state index contributed by atoms with van der Waals surface area (Å²) in [6, 6.07) is 0. The summed E-state index contributed by atoms with van der Waals surface area (Å²) in [5.74, 6) is -0.952. The Balaban J connectivity index is 4.46. The summed E-state index contributed by atoms with van der Waals surface area (Å²) < 4.78 is 16.7. The van der Waals surface area contributed by atoms with Gasteiger partial charge in [0.1, 0.15) is 13.2 Å². The highest BCUT2D eigenvalue weighted by molar-refractivity contribution is 5.71. The number of unbranched alkanes of at least 4 members (excludes halogenated alkanes) is 22. The van der Waals surface area contributed by atoms with Gasteiger partial charge in [-0.1, -0.05) is 227 Å². The molecule has 6 heteroatoms. The lowest BCUT2D eigenvalue weighted by molar-refractivity contribution is -0.167. The Labute approximate surface area is 375 Å². The fourth-order valence-corrected chi connectivity index (χ4v) is 6.54. The molecule has 0 fully saturated rings. The summed E-state index contributed by atoms with van der Waals surface area (Å²) >= 11 is 0. The van der Waals surface area contributed by atoms with Gasteiger partial charge in [0, 0.05) is 19.3 Å². The predicted octanol–water partition coefficient (Wildman–Crippen LogP) is 16.2. The molecule has 61 heavy (non-hydrogen) atoms. The Morgan fingerprint density at radius 1 is 0.344 bits per heavy atom. The molecule has 1 atom stereocenters. The minimum atomic E-state index is -0.796. The van der Waals surface area contributed by atoms with Crippen molar-refractivity contribution in [3.63, 3.8) is 0 Å². The maximum absolute atomic E-state index is 12.8. The average Bonchev–Trinajstić information content (AvgIpc) is 3.26. The molecule has 6 nitrogen and oxygen atoms in total. The maximum atomic E-state index is 12.8. The van der Waals surface area contributed by atoms with Crippen LogP contribution >= 0.6 is 0 Å². The van der Waals surface area contributed by atoms with Gasteiger partial charge in [-0.15, -0.1) is 0 Å². The molecule has 0 aromatic heterocycles. The Morgan fingerprint density at radius 3 is 1.08 bits per heavy atom. The van der Waals surface area contributed by atoms with E-state index in [9.17, 15) is 14.4 Å². The SMILES string of the molecule is CC\C=C/C=C\C=C/C=C\C=C\C=C/C=C\CCCCCC(=O)OCC(COC(=O)CCCCCCCCCCC)OC(=O)CCCCCCCCC/C=C\CCCCCC. The monoisotopic (exact) mass is 847 g/mol. The lowest BCUT2D eigenvalue weighted by Crippen LogP contribution is -2.30. The number of carbonyl (C=O) groups excluding carboxylic acids is 3. The Bertz CT molecular complexity index is 1250. The molecule has 0 aromatic rings. The zero-order valence-corrected chi connectivity index (χ0v) is 39.4. The van der Waals surface area contributed by atoms with Gasteiger partial charge in [-0.05, 0) is 64.2 Å². The van der Waals surface area contributed by atoms with E-state index in [0.29, 0.717) is 19.3 Å². The molecule has 0 amide bonds. The Morgan fingerprint density at radius 2 is 0.656 bits per heavy atom. The van der Waals surface area contributed by atoms with E-state index in [1.54, 1.807) is 0 Å². The van der Waals surface area contributed by atoms with Crippen molar-refractivity contribution in [2.24, 2.45) is 0 Å². The smallest absolute Gasteiger partial charge is 0.306 e. The Kier molecular flexibility index (Phi) is 46.0. The number of ether oxygens (including phenoxy) is 3. The number of carbonyl (C=O) groups is 3. The lowest BCUT2D eigenvalue weighted by Gasteiger charge is -2.18. The molecule has 0 aliphatic carbocycles. The summed E-state index contributed by atoms with van der Waals surface area (Å²) in [7, 11) is 0. The van der Waals surface area contributed by atoms with Gasteiger partial charge in [0.15, 0.2) is 6.10 Å². The van der Waals surface area contributed by atoms with Crippen molar-refractivity contribution in [2.75, 3.05) is 13.2 Å². The predicted molar refractivity (Wildman–Crippen MR) is 260 cm³/mol. The van der Waals surface area contributed by atoms with Gasteiger partial charge < -0.3 is 14.2 Å². The zero-order valence-electron chi connectivity index (χ0n) is 39.4. The van der Waals surface area contributed by atoms with Crippen LogP contribution in [0.15, 0.2) is 97.2 Å². The molecule has 346 valence electrons. The number of hydrogen-bond acceptors (Lipinski definition) is 6. The quantitative estimate of drug-likeness (QED) is 0.0200. The first-order valence-corrected chi connectivity index (χ1v) is 24.8. The third-order valence-electron chi connectivity index (χ3n) is 10.3. The fraction of sp³-hybridized carbons (Fsp3) is 0.655. The molecule has 0 spiro atoms. The standard InChI is InChI=1S/C55H90O6/c1-4-7-10-13-16-19-21-23-25-26-27-28-30-31-33-36-39-42-45-48-54(57)60-51-52(50-59-53(56)47-44-41-38-35-18-15-12-9-6-3)61-55(58)49-46-43-40-37-34-32-29-24-22-20-17-14-11-8-5-2/h7,10,13,16,19-23,25-28,30-31,33,52H,4-6,8-9,11-12,14-15,17-18,24,29,32,34-51H2,1-3H3/b10-7-,16-13-,21-19-,22-20-,25-23-,27-26+,30-28-,33-31-. The highest BCUT2D eigenvalue weighted by Gasteiger charge is 2.19. The normalized spacial score (nSPS) is 12.9. The average molecular weight is 847 g/mol. The van der Waals surface area contributed by atoms with Crippen LogP contribution < -0.4 is 0 Å². The van der Waals surface area contributed by atoms with Crippen LogP contribution in [0.5, 0.6) is 0 Å². The summed E-state index contributed by atoms with van der Waals surface area (Å²) in [4.78, 5) is 37.8. The molecular weight excluding hydrogens is 757 g/mol. The summed E-state index contributed by atoms with van der Waals surface area (Å²) in [6.07, 6.45) is 63.8. The molecular formula is C55H90O6. The van der Waals surface area contributed by atoms with Gasteiger partial charge >= 0.3 is 17.9 Å². The molecule has 0 heterocycles. The van der Waals surface area contributed by atoms with Crippen LogP contribution in [0.25, 0.3) is 0 Å². The molecule has 0 bridgehead atoms. The highest BCUT2D eigenvalue weighted by atomic mass is 16.6.